The minimum atomic E-state index is -0.228. The number of halogens is 2. The van der Waals surface area contributed by atoms with Gasteiger partial charge in [-0.05, 0) is 57.7 Å². The first-order valence-electron chi connectivity index (χ1n) is 6.36. The maximum absolute atomic E-state index is 13.0. The predicted octanol–water partition coefficient (Wildman–Crippen LogP) is 4.51. The van der Waals surface area contributed by atoms with Crippen molar-refractivity contribution >= 4 is 60.6 Å². The Kier molecular flexibility index (Phi) is 6.88. The van der Waals surface area contributed by atoms with E-state index in [1.807, 2.05) is 12.1 Å². The summed E-state index contributed by atoms with van der Waals surface area (Å²) in [4.78, 5) is 3.95. The third-order valence-electron chi connectivity index (χ3n) is 2.73. The van der Waals surface area contributed by atoms with Crippen LogP contribution in [0.5, 0.6) is 0 Å². The van der Waals surface area contributed by atoms with Crippen molar-refractivity contribution in [1.82, 2.24) is 10.3 Å². The van der Waals surface area contributed by atoms with Crippen LogP contribution in [-0.4, -0.2) is 20.0 Å². The molecule has 22 heavy (non-hydrogen) atoms. The van der Waals surface area contributed by atoms with Crippen molar-refractivity contribution in [3.8, 4) is 0 Å². The number of thioether (sulfide) groups is 1. The van der Waals surface area contributed by atoms with Gasteiger partial charge in [-0.2, -0.15) is 0 Å². The van der Waals surface area contributed by atoms with Crippen LogP contribution in [0.4, 0.5) is 4.39 Å². The Labute approximate surface area is 152 Å². The van der Waals surface area contributed by atoms with Crippen LogP contribution in [0.2, 0.25) is 0 Å². The van der Waals surface area contributed by atoms with E-state index in [1.54, 1.807) is 24.5 Å². The van der Waals surface area contributed by atoms with Crippen LogP contribution in [0, 0.1) is 5.82 Å². The van der Waals surface area contributed by atoms with Crippen LogP contribution in [0.3, 0.4) is 0 Å². The number of hydrogen-bond donors (Lipinski definition) is 1. The third kappa shape index (κ3) is 5.72. The molecule has 0 unspecified atom stereocenters. The van der Waals surface area contributed by atoms with Crippen molar-refractivity contribution in [1.29, 1.82) is 0 Å². The van der Waals surface area contributed by atoms with E-state index in [0.29, 0.717) is 4.47 Å². The van der Waals surface area contributed by atoms with Gasteiger partial charge in [0.15, 0.2) is 0 Å². The van der Waals surface area contributed by atoms with E-state index in [4.69, 9.17) is 24.4 Å². The number of nitrogens with zero attached hydrogens (tertiary/aromatic N) is 1. The zero-order valence-corrected chi connectivity index (χ0v) is 15.4. The van der Waals surface area contributed by atoms with Gasteiger partial charge in [-0.1, -0.05) is 42.3 Å². The molecule has 2 heterocycles. The van der Waals surface area contributed by atoms with Gasteiger partial charge < -0.3 is 5.32 Å². The Morgan fingerprint density at radius 2 is 1.91 bits per heavy atom. The summed E-state index contributed by atoms with van der Waals surface area (Å²) in [5.74, 6) is -0.228. The van der Waals surface area contributed by atoms with Gasteiger partial charge in [0.2, 0.25) is 0 Å². The lowest BCUT2D eigenvalue weighted by atomic mass is 10.1. The average molecular weight is 415 g/mol. The lowest BCUT2D eigenvalue weighted by Gasteiger charge is -2.02. The summed E-state index contributed by atoms with van der Waals surface area (Å²) in [5.41, 5.74) is 2.25. The third-order valence-corrected chi connectivity index (χ3v) is 4.82. The number of thiocarbonyl (C=S) groups is 2. The molecule has 114 valence electrons. The Hall–Kier alpha value is -0.890. The van der Waals surface area contributed by atoms with Gasteiger partial charge in [-0.3, -0.25) is 4.98 Å². The molecule has 0 saturated carbocycles. The minimum absolute atomic E-state index is 0.228. The SMILES string of the molecule is Fc1ccc(Cc2ccncc2)cc1Br.S=C1CNC(=S)S1. The van der Waals surface area contributed by atoms with Gasteiger partial charge >= 0.3 is 0 Å². The quantitative estimate of drug-likeness (QED) is 0.728. The normalized spacial score (nSPS) is 13.4. The molecule has 1 N–H and O–H groups in total. The van der Waals surface area contributed by atoms with Gasteiger partial charge in [0.05, 0.1) is 15.2 Å². The molecule has 1 aliphatic heterocycles. The highest BCUT2D eigenvalue weighted by Crippen LogP contribution is 2.18. The van der Waals surface area contributed by atoms with E-state index < -0.39 is 0 Å². The first kappa shape index (κ1) is 17.5. The number of rotatable bonds is 2. The lowest BCUT2D eigenvalue weighted by molar-refractivity contribution is 0.620. The molecule has 2 nitrogen and oxygen atoms in total. The number of benzene rings is 1. The van der Waals surface area contributed by atoms with Crippen molar-refractivity contribution in [3.63, 3.8) is 0 Å². The van der Waals surface area contributed by atoms with Crippen LogP contribution >= 0.6 is 52.1 Å². The summed E-state index contributed by atoms with van der Waals surface area (Å²) in [6.45, 7) is 0.777. The van der Waals surface area contributed by atoms with E-state index in [0.717, 1.165) is 27.0 Å². The second kappa shape index (κ2) is 8.67. The standard InChI is InChI=1S/C12H9BrFN.C3H3NS3/c13-11-8-10(1-2-12(11)14)7-9-3-5-15-6-4-9;5-2-1-4-3(6)7-2/h1-6,8H,7H2;1H2,(H,4,6). The van der Waals surface area contributed by atoms with Crippen molar-refractivity contribution in [3.05, 3.63) is 64.1 Å². The Morgan fingerprint density at radius 3 is 2.41 bits per heavy atom. The van der Waals surface area contributed by atoms with E-state index >= 15 is 0 Å². The minimum Gasteiger partial charge on any atom is -0.365 e. The zero-order valence-electron chi connectivity index (χ0n) is 11.4. The van der Waals surface area contributed by atoms with E-state index in [9.17, 15) is 4.39 Å². The van der Waals surface area contributed by atoms with Crippen LogP contribution < -0.4 is 5.32 Å². The molecule has 1 aromatic heterocycles. The van der Waals surface area contributed by atoms with Crippen molar-refractivity contribution in [2.24, 2.45) is 0 Å². The molecule has 2 aromatic rings. The molecule has 7 heteroatoms. The summed E-state index contributed by atoms with van der Waals surface area (Å²) in [6, 6.07) is 8.98. The molecule has 1 aromatic carbocycles. The van der Waals surface area contributed by atoms with Crippen LogP contribution in [0.25, 0.3) is 0 Å². The van der Waals surface area contributed by atoms with Crippen molar-refractivity contribution in [2.75, 3.05) is 6.54 Å². The van der Waals surface area contributed by atoms with Gasteiger partial charge in [-0.15, -0.1) is 0 Å². The zero-order chi connectivity index (χ0) is 15.9. The summed E-state index contributed by atoms with van der Waals surface area (Å²) in [7, 11) is 0. The first-order valence-corrected chi connectivity index (χ1v) is 8.78. The molecule has 1 saturated heterocycles. The maximum Gasteiger partial charge on any atom is 0.139 e. The predicted molar refractivity (Wildman–Crippen MR) is 102 cm³/mol. The van der Waals surface area contributed by atoms with Crippen molar-refractivity contribution in [2.45, 2.75) is 6.42 Å². The molecule has 1 aliphatic rings. The van der Waals surface area contributed by atoms with Crippen LogP contribution in [0.1, 0.15) is 11.1 Å². The number of hydrogen-bond acceptors (Lipinski definition) is 4. The molecule has 0 bridgehead atoms. The Balaban J connectivity index is 0.000000211. The second-order valence-corrected chi connectivity index (χ2v) is 7.77. The maximum atomic E-state index is 13.0. The highest BCUT2D eigenvalue weighted by atomic mass is 79.9. The Bertz CT molecular complexity index is 666. The Morgan fingerprint density at radius 1 is 1.18 bits per heavy atom. The molecule has 0 aliphatic carbocycles. The lowest BCUT2D eigenvalue weighted by Crippen LogP contribution is -2.10. The fourth-order valence-corrected chi connectivity index (χ4v) is 3.48. The first-order chi connectivity index (χ1) is 10.5. The summed E-state index contributed by atoms with van der Waals surface area (Å²) in [6.07, 6.45) is 4.31. The van der Waals surface area contributed by atoms with Crippen LogP contribution in [-0.2, 0) is 6.42 Å². The second-order valence-electron chi connectivity index (χ2n) is 4.40. The molecule has 0 amide bonds. The highest BCUT2D eigenvalue weighted by molar-refractivity contribution is 9.10. The van der Waals surface area contributed by atoms with Gasteiger partial charge in [-0.25, -0.2) is 4.39 Å². The van der Waals surface area contributed by atoms with E-state index in [-0.39, 0.29) is 5.82 Å². The fraction of sp³-hybridized carbons (Fsp3) is 0.133. The number of aromatic nitrogens is 1. The smallest absolute Gasteiger partial charge is 0.139 e. The molecular weight excluding hydrogens is 403 g/mol. The molecule has 0 atom stereocenters. The molecule has 0 radical (unpaired) electrons. The largest absolute Gasteiger partial charge is 0.365 e. The van der Waals surface area contributed by atoms with Crippen LogP contribution in [0.15, 0.2) is 47.2 Å². The topological polar surface area (TPSA) is 24.9 Å². The molecule has 1 fully saturated rings. The van der Waals surface area contributed by atoms with Gasteiger partial charge in [0, 0.05) is 12.4 Å². The van der Waals surface area contributed by atoms with Gasteiger partial charge in [0.25, 0.3) is 0 Å². The molecule has 3 rings (SSSR count). The van der Waals surface area contributed by atoms with E-state index in [2.05, 4.69) is 26.2 Å². The van der Waals surface area contributed by atoms with Gasteiger partial charge in [0.1, 0.15) is 10.1 Å². The summed E-state index contributed by atoms with van der Waals surface area (Å²) in [5, 5.41) is 2.92. The number of nitrogens with one attached hydrogen (secondary N) is 1. The molecule has 0 spiro atoms. The van der Waals surface area contributed by atoms with E-state index in [1.165, 1.54) is 23.4 Å². The monoisotopic (exact) mass is 414 g/mol. The average Bonchev–Trinajstić information content (AvgIpc) is 2.88. The summed E-state index contributed by atoms with van der Waals surface area (Å²) >= 11 is 14.2. The number of pyridine rings is 1. The molecular formula is C15H12BrFN2S3. The highest BCUT2D eigenvalue weighted by Gasteiger charge is 2.09. The fourth-order valence-electron chi connectivity index (χ4n) is 1.71. The van der Waals surface area contributed by atoms with Crippen molar-refractivity contribution < 1.29 is 4.39 Å². The summed E-state index contributed by atoms with van der Waals surface area (Å²) < 4.78 is 15.2.